The molecule has 1 atom stereocenters. The van der Waals surface area contributed by atoms with Crippen LogP contribution >= 0.6 is 0 Å². The van der Waals surface area contributed by atoms with E-state index < -0.39 is 5.97 Å². The molecule has 0 saturated carbocycles. The molecule has 0 bridgehead atoms. The van der Waals surface area contributed by atoms with Crippen LogP contribution in [-0.2, 0) is 25.7 Å². The van der Waals surface area contributed by atoms with Gasteiger partial charge in [-0.05, 0) is 36.5 Å². The Hall–Kier alpha value is -2.67. The minimum atomic E-state index is -0.583. The van der Waals surface area contributed by atoms with E-state index in [2.05, 4.69) is 11.9 Å². The Balaban J connectivity index is 2.42. The molecule has 1 aromatic carbocycles. The van der Waals surface area contributed by atoms with Crippen molar-refractivity contribution < 1.29 is 29.0 Å². The van der Waals surface area contributed by atoms with Crippen molar-refractivity contribution in [3.8, 4) is 5.75 Å². The summed E-state index contributed by atoms with van der Waals surface area (Å²) in [5, 5.41) is 11.6. The molecule has 0 aromatic heterocycles. The van der Waals surface area contributed by atoms with Crippen molar-refractivity contribution in [2.75, 3.05) is 13.2 Å². The molecule has 0 fully saturated rings. The molecule has 2 N–H and O–H groups in total. The van der Waals surface area contributed by atoms with Crippen LogP contribution in [0, 0.1) is 11.8 Å². The summed E-state index contributed by atoms with van der Waals surface area (Å²) in [5.74, 6) is -1.06. The second-order valence-electron chi connectivity index (χ2n) is 6.71. The molecule has 154 valence electrons. The zero-order valence-electron chi connectivity index (χ0n) is 16.5. The predicted molar refractivity (Wildman–Crippen MR) is 104 cm³/mol. The third kappa shape index (κ3) is 8.81. The molecule has 0 aliphatic rings. The molecule has 1 rings (SSSR count). The normalized spacial score (nSPS) is 11.6. The van der Waals surface area contributed by atoms with E-state index in [0.717, 1.165) is 0 Å². The Kier molecular flexibility index (Phi) is 10.6. The number of esters is 2. The summed E-state index contributed by atoms with van der Waals surface area (Å²) >= 11 is 0. The van der Waals surface area contributed by atoms with Crippen LogP contribution in [0.1, 0.15) is 38.7 Å². The average Bonchev–Trinajstić information content (AvgIpc) is 2.68. The fourth-order valence-corrected chi connectivity index (χ4v) is 2.58. The van der Waals surface area contributed by atoms with Crippen LogP contribution in [0.15, 0.2) is 36.9 Å². The van der Waals surface area contributed by atoms with Gasteiger partial charge in [0.2, 0.25) is 5.91 Å². The summed E-state index contributed by atoms with van der Waals surface area (Å²) in [4.78, 5) is 35.8. The van der Waals surface area contributed by atoms with Gasteiger partial charge in [0.1, 0.15) is 18.9 Å². The minimum Gasteiger partial charge on any atom is -0.461 e. The third-order valence-electron chi connectivity index (χ3n) is 4.14. The number of benzene rings is 1. The number of hydrogen-bond acceptors (Lipinski definition) is 6. The van der Waals surface area contributed by atoms with Crippen molar-refractivity contribution in [3.63, 3.8) is 0 Å². The fourth-order valence-electron chi connectivity index (χ4n) is 2.58. The Morgan fingerprint density at radius 2 is 1.86 bits per heavy atom. The summed E-state index contributed by atoms with van der Waals surface area (Å²) in [6.45, 7) is 7.16. The standard InChI is InChI=1S/C21H29NO6/c1-4-12-27-19(24)7-5-6-18(15(2)3)21(26)22-13-20(25)28-17-10-8-16(14-23)9-11-17/h4,8-11,15,18,23H,1,5-7,12-14H2,2-3H3,(H,22,26). The summed E-state index contributed by atoms with van der Waals surface area (Å²) < 4.78 is 10.1. The Bertz CT molecular complexity index is 653. The van der Waals surface area contributed by atoms with Gasteiger partial charge >= 0.3 is 11.9 Å². The van der Waals surface area contributed by atoms with Crippen LogP contribution < -0.4 is 10.1 Å². The average molecular weight is 391 g/mol. The number of hydrogen-bond donors (Lipinski definition) is 2. The first kappa shape index (κ1) is 23.4. The summed E-state index contributed by atoms with van der Waals surface area (Å²) in [7, 11) is 0. The topological polar surface area (TPSA) is 102 Å². The van der Waals surface area contributed by atoms with Crippen molar-refractivity contribution in [3.05, 3.63) is 42.5 Å². The van der Waals surface area contributed by atoms with E-state index in [4.69, 9.17) is 14.6 Å². The minimum absolute atomic E-state index is 0.0613. The summed E-state index contributed by atoms with van der Waals surface area (Å²) in [5.41, 5.74) is 0.709. The number of amides is 1. The van der Waals surface area contributed by atoms with Gasteiger partial charge in [0.25, 0.3) is 0 Å². The molecule has 0 aliphatic carbocycles. The van der Waals surface area contributed by atoms with Gasteiger partial charge in [-0.3, -0.25) is 9.59 Å². The zero-order chi connectivity index (χ0) is 20.9. The molecule has 0 saturated heterocycles. The molecule has 1 amide bonds. The first-order chi connectivity index (χ1) is 13.4. The SMILES string of the molecule is C=CCOC(=O)CCCC(C(=O)NCC(=O)Oc1ccc(CO)cc1)C(C)C. The van der Waals surface area contributed by atoms with Crippen molar-refractivity contribution >= 4 is 17.8 Å². The lowest BCUT2D eigenvalue weighted by Crippen LogP contribution is -2.38. The maximum absolute atomic E-state index is 12.4. The highest BCUT2D eigenvalue weighted by Gasteiger charge is 2.23. The lowest BCUT2D eigenvalue weighted by molar-refractivity contribution is -0.142. The Labute approximate surface area is 165 Å². The van der Waals surface area contributed by atoms with Crippen molar-refractivity contribution in [2.24, 2.45) is 11.8 Å². The van der Waals surface area contributed by atoms with Gasteiger partial charge in [-0.1, -0.05) is 38.6 Å². The monoisotopic (exact) mass is 391 g/mol. The second kappa shape index (κ2) is 12.7. The summed E-state index contributed by atoms with van der Waals surface area (Å²) in [6.07, 6.45) is 2.77. The van der Waals surface area contributed by atoms with Crippen molar-refractivity contribution in [1.82, 2.24) is 5.32 Å². The maximum atomic E-state index is 12.4. The van der Waals surface area contributed by atoms with Crippen molar-refractivity contribution in [2.45, 2.75) is 39.7 Å². The number of aliphatic hydroxyl groups excluding tert-OH is 1. The highest BCUT2D eigenvalue weighted by Crippen LogP contribution is 2.19. The van der Waals surface area contributed by atoms with Crippen molar-refractivity contribution in [1.29, 1.82) is 0 Å². The van der Waals surface area contributed by atoms with Crippen LogP contribution in [0.2, 0.25) is 0 Å². The van der Waals surface area contributed by atoms with Crippen LogP contribution in [0.25, 0.3) is 0 Å². The molecule has 7 heteroatoms. The van der Waals surface area contributed by atoms with Gasteiger partial charge in [-0.25, -0.2) is 4.79 Å². The van der Waals surface area contributed by atoms with Crippen LogP contribution in [0.3, 0.4) is 0 Å². The first-order valence-corrected chi connectivity index (χ1v) is 9.32. The van der Waals surface area contributed by atoms with E-state index in [-0.39, 0.29) is 49.9 Å². The highest BCUT2D eigenvalue weighted by atomic mass is 16.5. The van der Waals surface area contributed by atoms with E-state index >= 15 is 0 Å². The van der Waals surface area contributed by atoms with Gasteiger partial charge in [-0.2, -0.15) is 0 Å². The Morgan fingerprint density at radius 3 is 2.43 bits per heavy atom. The first-order valence-electron chi connectivity index (χ1n) is 9.32. The number of carbonyl (C=O) groups is 3. The second-order valence-corrected chi connectivity index (χ2v) is 6.71. The maximum Gasteiger partial charge on any atom is 0.330 e. The van der Waals surface area contributed by atoms with Gasteiger partial charge in [-0.15, -0.1) is 0 Å². The lowest BCUT2D eigenvalue weighted by Gasteiger charge is -2.19. The smallest absolute Gasteiger partial charge is 0.330 e. The van der Waals surface area contributed by atoms with Gasteiger partial charge in [0.15, 0.2) is 0 Å². The van der Waals surface area contributed by atoms with Gasteiger partial charge in [0.05, 0.1) is 6.61 Å². The van der Waals surface area contributed by atoms with E-state index in [1.54, 1.807) is 24.3 Å². The van der Waals surface area contributed by atoms with E-state index in [9.17, 15) is 14.4 Å². The molecular formula is C21H29NO6. The van der Waals surface area contributed by atoms with E-state index in [1.165, 1.54) is 6.08 Å². The van der Waals surface area contributed by atoms with E-state index in [1.807, 2.05) is 13.8 Å². The largest absolute Gasteiger partial charge is 0.461 e. The summed E-state index contributed by atoms with van der Waals surface area (Å²) in [6, 6.07) is 6.45. The highest BCUT2D eigenvalue weighted by molar-refractivity contribution is 5.84. The molecule has 1 aromatic rings. The molecule has 0 aliphatic heterocycles. The molecule has 0 heterocycles. The number of carbonyl (C=O) groups excluding carboxylic acids is 3. The molecule has 0 spiro atoms. The number of nitrogens with one attached hydrogen (secondary N) is 1. The van der Waals surface area contributed by atoms with E-state index in [0.29, 0.717) is 24.2 Å². The van der Waals surface area contributed by atoms with Crippen LogP contribution in [0.4, 0.5) is 0 Å². The number of aliphatic hydroxyl groups is 1. The van der Waals surface area contributed by atoms with Gasteiger partial charge in [0, 0.05) is 12.3 Å². The zero-order valence-corrected chi connectivity index (χ0v) is 16.5. The number of ether oxygens (including phenoxy) is 2. The van der Waals surface area contributed by atoms with Crippen LogP contribution in [-0.4, -0.2) is 36.1 Å². The Morgan fingerprint density at radius 1 is 1.18 bits per heavy atom. The molecule has 28 heavy (non-hydrogen) atoms. The quantitative estimate of drug-likeness (QED) is 0.322. The molecule has 7 nitrogen and oxygen atoms in total. The lowest BCUT2D eigenvalue weighted by atomic mass is 9.89. The molecule has 1 unspecified atom stereocenters. The predicted octanol–water partition coefficient (Wildman–Crippen LogP) is 2.37. The third-order valence-corrected chi connectivity index (χ3v) is 4.14. The fraction of sp³-hybridized carbons (Fsp3) is 0.476. The van der Waals surface area contributed by atoms with Crippen LogP contribution in [0.5, 0.6) is 5.75 Å². The molecular weight excluding hydrogens is 362 g/mol. The van der Waals surface area contributed by atoms with Gasteiger partial charge < -0.3 is 19.9 Å². The number of rotatable bonds is 12. The molecule has 0 radical (unpaired) electrons.